The third-order valence-electron chi connectivity index (χ3n) is 1.96. The van der Waals surface area contributed by atoms with Crippen LogP contribution < -0.4 is 10.1 Å². The van der Waals surface area contributed by atoms with Gasteiger partial charge in [-0.1, -0.05) is 0 Å². The molecule has 1 rings (SSSR count). The minimum Gasteiger partial charge on any atom is -0.481 e. The van der Waals surface area contributed by atoms with E-state index in [1.165, 1.54) is 3.57 Å². The van der Waals surface area contributed by atoms with Gasteiger partial charge in [0.05, 0.1) is 7.11 Å². The molecule has 0 aliphatic heterocycles. The van der Waals surface area contributed by atoms with Crippen LogP contribution in [0.1, 0.15) is 18.5 Å². The van der Waals surface area contributed by atoms with Crippen LogP contribution in [0.5, 0.6) is 5.88 Å². The second-order valence-electron chi connectivity index (χ2n) is 2.73. The first-order valence-corrected chi connectivity index (χ1v) is 5.14. The first-order chi connectivity index (χ1) is 6.20. The monoisotopic (exact) mass is 292 g/mol. The Bertz CT molecular complexity index is 291. The first kappa shape index (κ1) is 10.7. The molecule has 1 heterocycles. The maximum Gasteiger partial charge on any atom is 0.218 e. The van der Waals surface area contributed by atoms with Crippen LogP contribution >= 0.6 is 22.6 Å². The number of hydrogen-bond acceptors (Lipinski definition) is 3. The van der Waals surface area contributed by atoms with Gasteiger partial charge < -0.3 is 10.1 Å². The largest absolute Gasteiger partial charge is 0.481 e. The van der Waals surface area contributed by atoms with Crippen molar-refractivity contribution in [2.75, 3.05) is 14.2 Å². The van der Waals surface area contributed by atoms with Crippen molar-refractivity contribution in [3.8, 4) is 5.88 Å². The molecule has 0 aromatic carbocycles. The predicted molar refractivity (Wildman–Crippen MR) is 61.0 cm³/mol. The fourth-order valence-corrected chi connectivity index (χ4v) is 1.99. The van der Waals surface area contributed by atoms with Gasteiger partial charge in [0, 0.05) is 21.4 Å². The van der Waals surface area contributed by atoms with E-state index in [9.17, 15) is 0 Å². The lowest BCUT2D eigenvalue weighted by Gasteiger charge is -2.15. The molecule has 0 spiro atoms. The van der Waals surface area contributed by atoms with E-state index in [4.69, 9.17) is 4.74 Å². The molecule has 1 aromatic rings. The first-order valence-electron chi connectivity index (χ1n) is 4.06. The Morgan fingerprint density at radius 2 is 2.31 bits per heavy atom. The van der Waals surface area contributed by atoms with Crippen molar-refractivity contribution in [1.82, 2.24) is 10.3 Å². The van der Waals surface area contributed by atoms with Gasteiger partial charge in [-0.25, -0.2) is 4.98 Å². The highest BCUT2D eigenvalue weighted by Gasteiger charge is 2.13. The average Bonchev–Trinajstić information content (AvgIpc) is 2.16. The Balaban J connectivity index is 3.14. The molecule has 1 N–H and O–H groups in total. The standard InChI is InChI=1S/C9H13IN2O/c1-6(11-2)8-7(10)4-5-12-9(8)13-3/h4-6,11H,1-3H3. The normalized spacial score (nSPS) is 12.6. The highest BCUT2D eigenvalue weighted by molar-refractivity contribution is 14.1. The van der Waals surface area contributed by atoms with E-state index in [1.807, 2.05) is 13.1 Å². The summed E-state index contributed by atoms with van der Waals surface area (Å²) in [6.45, 7) is 2.09. The van der Waals surface area contributed by atoms with Crippen molar-refractivity contribution in [1.29, 1.82) is 0 Å². The van der Waals surface area contributed by atoms with Crippen LogP contribution in [-0.4, -0.2) is 19.1 Å². The van der Waals surface area contributed by atoms with Crippen LogP contribution in [-0.2, 0) is 0 Å². The van der Waals surface area contributed by atoms with Crippen molar-refractivity contribution < 1.29 is 4.74 Å². The van der Waals surface area contributed by atoms with E-state index in [0.717, 1.165) is 5.56 Å². The van der Waals surface area contributed by atoms with E-state index in [1.54, 1.807) is 13.3 Å². The Labute approximate surface area is 92.0 Å². The summed E-state index contributed by atoms with van der Waals surface area (Å²) in [7, 11) is 3.57. The van der Waals surface area contributed by atoms with E-state index in [-0.39, 0.29) is 6.04 Å². The van der Waals surface area contributed by atoms with Crippen LogP contribution in [0.3, 0.4) is 0 Å². The molecule has 0 bridgehead atoms. The molecule has 1 aromatic heterocycles. The molecule has 1 atom stereocenters. The number of ether oxygens (including phenoxy) is 1. The van der Waals surface area contributed by atoms with Crippen LogP contribution in [0.15, 0.2) is 12.3 Å². The van der Waals surface area contributed by atoms with E-state index >= 15 is 0 Å². The van der Waals surface area contributed by atoms with Gasteiger partial charge in [-0.2, -0.15) is 0 Å². The van der Waals surface area contributed by atoms with Gasteiger partial charge in [-0.3, -0.25) is 0 Å². The molecular formula is C9H13IN2O. The fourth-order valence-electron chi connectivity index (χ4n) is 1.13. The van der Waals surface area contributed by atoms with Gasteiger partial charge in [0.2, 0.25) is 5.88 Å². The quantitative estimate of drug-likeness (QED) is 0.865. The molecule has 72 valence electrons. The van der Waals surface area contributed by atoms with Crippen molar-refractivity contribution >= 4 is 22.6 Å². The number of methoxy groups -OCH3 is 1. The molecule has 0 aliphatic carbocycles. The van der Waals surface area contributed by atoms with Crippen molar-refractivity contribution in [3.63, 3.8) is 0 Å². The minimum absolute atomic E-state index is 0.260. The molecular weight excluding hydrogens is 279 g/mol. The lowest BCUT2D eigenvalue weighted by molar-refractivity contribution is 0.386. The number of aromatic nitrogens is 1. The van der Waals surface area contributed by atoms with Crippen molar-refractivity contribution in [3.05, 3.63) is 21.4 Å². The summed E-state index contributed by atoms with van der Waals surface area (Å²) >= 11 is 2.29. The summed E-state index contributed by atoms with van der Waals surface area (Å²) in [5, 5.41) is 3.17. The summed E-state index contributed by atoms with van der Waals surface area (Å²) in [4.78, 5) is 4.16. The van der Waals surface area contributed by atoms with Gasteiger partial charge >= 0.3 is 0 Å². The van der Waals surface area contributed by atoms with E-state index in [0.29, 0.717) is 5.88 Å². The molecule has 4 heteroatoms. The molecule has 0 aliphatic rings. The second kappa shape index (κ2) is 4.76. The second-order valence-corrected chi connectivity index (χ2v) is 3.89. The highest BCUT2D eigenvalue weighted by atomic mass is 127. The SMILES string of the molecule is CNC(C)c1c(I)ccnc1OC. The van der Waals surface area contributed by atoms with Crippen molar-refractivity contribution in [2.24, 2.45) is 0 Å². The topological polar surface area (TPSA) is 34.2 Å². The summed E-state index contributed by atoms with van der Waals surface area (Å²) in [5.74, 6) is 0.703. The summed E-state index contributed by atoms with van der Waals surface area (Å²) in [6, 6.07) is 2.24. The van der Waals surface area contributed by atoms with Gasteiger partial charge in [-0.05, 0) is 42.6 Å². The van der Waals surface area contributed by atoms with Gasteiger partial charge in [0.25, 0.3) is 0 Å². The Kier molecular flexibility index (Phi) is 3.92. The Morgan fingerprint density at radius 3 is 2.85 bits per heavy atom. The Hall–Kier alpha value is -0.360. The zero-order valence-electron chi connectivity index (χ0n) is 7.97. The van der Waals surface area contributed by atoms with Crippen molar-refractivity contribution in [2.45, 2.75) is 13.0 Å². The zero-order valence-corrected chi connectivity index (χ0v) is 10.1. The number of halogens is 1. The predicted octanol–water partition coefficient (Wildman–Crippen LogP) is 1.98. The molecule has 3 nitrogen and oxygen atoms in total. The Morgan fingerprint density at radius 1 is 1.62 bits per heavy atom. The number of nitrogens with zero attached hydrogens (tertiary/aromatic N) is 1. The van der Waals surface area contributed by atoms with Crippen LogP contribution in [0.2, 0.25) is 0 Å². The molecule has 0 fully saturated rings. The molecule has 0 saturated carbocycles. The third-order valence-corrected chi connectivity index (χ3v) is 2.90. The van der Waals surface area contributed by atoms with Crippen LogP contribution in [0, 0.1) is 3.57 Å². The molecule has 0 amide bonds. The summed E-state index contributed by atoms with van der Waals surface area (Å²) in [6.07, 6.45) is 1.76. The number of rotatable bonds is 3. The minimum atomic E-state index is 0.260. The highest BCUT2D eigenvalue weighted by Crippen LogP contribution is 2.26. The van der Waals surface area contributed by atoms with Gasteiger partial charge in [0.1, 0.15) is 0 Å². The number of nitrogens with one attached hydrogen (secondary N) is 1. The molecule has 0 saturated heterocycles. The maximum absolute atomic E-state index is 5.19. The molecule has 13 heavy (non-hydrogen) atoms. The lowest BCUT2D eigenvalue weighted by Crippen LogP contribution is -2.15. The van der Waals surface area contributed by atoms with E-state index < -0.39 is 0 Å². The molecule has 0 radical (unpaired) electrons. The lowest BCUT2D eigenvalue weighted by atomic mass is 10.1. The summed E-state index contributed by atoms with van der Waals surface area (Å²) < 4.78 is 6.37. The van der Waals surface area contributed by atoms with Crippen LogP contribution in [0.4, 0.5) is 0 Å². The van der Waals surface area contributed by atoms with Gasteiger partial charge in [-0.15, -0.1) is 0 Å². The number of pyridine rings is 1. The molecule has 1 unspecified atom stereocenters. The van der Waals surface area contributed by atoms with E-state index in [2.05, 4.69) is 39.8 Å². The van der Waals surface area contributed by atoms with Gasteiger partial charge in [0.15, 0.2) is 0 Å². The fraction of sp³-hybridized carbons (Fsp3) is 0.444. The van der Waals surface area contributed by atoms with Crippen LogP contribution in [0.25, 0.3) is 0 Å². The zero-order chi connectivity index (χ0) is 9.84. The maximum atomic E-state index is 5.19. The summed E-state index contributed by atoms with van der Waals surface area (Å²) in [5.41, 5.74) is 1.12. The third kappa shape index (κ3) is 2.31. The smallest absolute Gasteiger partial charge is 0.218 e. The number of hydrogen-bond donors (Lipinski definition) is 1. The average molecular weight is 292 g/mol.